The molecule has 1 aromatic heterocycles. The summed E-state index contributed by atoms with van der Waals surface area (Å²) in [6.07, 6.45) is 6.55. The Morgan fingerprint density at radius 1 is 0.889 bits per heavy atom. The number of benzene rings is 3. The highest BCUT2D eigenvalue weighted by Gasteiger charge is 2.36. The molecule has 45 heavy (non-hydrogen) atoms. The van der Waals surface area contributed by atoms with Crippen LogP contribution in [0.4, 0.5) is 5.69 Å². The molecule has 0 spiro atoms. The second-order valence-electron chi connectivity index (χ2n) is 12.5. The Bertz CT molecular complexity index is 1610. The molecule has 7 rings (SSSR count). The summed E-state index contributed by atoms with van der Waals surface area (Å²) in [5.41, 5.74) is 5.09. The van der Waals surface area contributed by atoms with E-state index in [1.165, 1.54) is 45.0 Å². The van der Waals surface area contributed by atoms with Crippen molar-refractivity contribution in [3.63, 3.8) is 0 Å². The lowest BCUT2D eigenvalue weighted by Gasteiger charge is -2.39. The Morgan fingerprint density at radius 2 is 1.71 bits per heavy atom. The zero-order valence-corrected chi connectivity index (χ0v) is 25.6. The van der Waals surface area contributed by atoms with Crippen LogP contribution in [0.15, 0.2) is 79.0 Å². The van der Waals surface area contributed by atoms with Gasteiger partial charge in [-0.3, -0.25) is 14.7 Å². The number of nitrogens with zero attached hydrogens (tertiary/aromatic N) is 4. The Kier molecular flexibility index (Phi) is 9.13. The summed E-state index contributed by atoms with van der Waals surface area (Å²) in [6.45, 7) is 5.54. The Labute approximate surface area is 264 Å². The molecule has 3 aliphatic heterocycles. The van der Waals surface area contributed by atoms with Crippen LogP contribution in [-0.2, 0) is 16.1 Å². The van der Waals surface area contributed by atoms with Crippen LogP contribution in [0.5, 0.6) is 0 Å². The van der Waals surface area contributed by atoms with Crippen molar-refractivity contribution in [2.24, 2.45) is 0 Å². The SMILES string of the molecule is O=C(Nc1cccc([C@@H]2O[C@H](CN3CCC[C@H]3CN3CCCC3)C[C@H](c3ccc(CO)cc3)O2)c1)c1cnc2ccccc2n1. The van der Waals surface area contributed by atoms with E-state index in [2.05, 4.69) is 25.1 Å². The normalized spacial score (nSPS) is 24.3. The minimum atomic E-state index is -0.594. The third-order valence-corrected chi connectivity index (χ3v) is 9.32. The van der Waals surface area contributed by atoms with Crippen LogP contribution in [0.2, 0.25) is 0 Å². The van der Waals surface area contributed by atoms with Crippen molar-refractivity contribution >= 4 is 22.6 Å². The van der Waals surface area contributed by atoms with E-state index in [9.17, 15) is 9.90 Å². The zero-order valence-electron chi connectivity index (χ0n) is 25.6. The average molecular weight is 608 g/mol. The molecule has 4 aromatic rings. The van der Waals surface area contributed by atoms with Crippen LogP contribution in [0, 0.1) is 0 Å². The van der Waals surface area contributed by atoms with Crippen molar-refractivity contribution < 1.29 is 19.4 Å². The number of amides is 1. The van der Waals surface area contributed by atoms with Gasteiger partial charge in [-0.05, 0) is 80.7 Å². The second-order valence-corrected chi connectivity index (χ2v) is 12.5. The lowest BCUT2D eigenvalue weighted by Crippen LogP contribution is -2.45. The number of carbonyl (C=O) groups excluding carboxylic acids is 1. The minimum absolute atomic E-state index is 0.0107. The first-order valence-corrected chi connectivity index (χ1v) is 16.2. The maximum atomic E-state index is 13.1. The highest BCUT2D eigenvalue weighted by Crippen LogP contribution is 2.39. The molecule has 3 aliphatic rings. The van der Waals surface area contributed by atoms with Gasteiger partial charge >= 0.3 is 0 Å². The fourth-order valence-electron chi connectivity index (χ4n) is 6.92. The molecular formula is C36H41N5O4. The van der Waals surface area contributed by atoms with Crippen molar-refractivity contribution in [3.05, 3.63) is 101 Å². The molecule has 0 radical (unpaired) electrons. The first kappa shape index (κ1) is 30.0. The van der Waals surface area contributed by atoms with E-state index in [1.807, 2.05) is 72.8 Å². The van der Waals surface area contributed by atoms with E-state index < -0.39 is 6.29 Å². The molecule has 9 heteroatoms. The monoisotopic (exact) mass is 607 g/mol. The third-order valence-electron chi connectivity index (χ3n) is 9.32. The third kappa shape index (κ3) is 7.08. The first-order chi connectivity index (χ1) is 22.1. The largest absolute Gasteiger partial charge is 0.392 e. The van der Waals surface area contributed by atoms with E-state index in [0.29, 0.717) is 17.2 Å². The molecule has 3 saturated heterocycles. The molecule has 0 bridgehead atoms. The quantitative estimate of drug-likeness (QED) is 0.258. The number of nitrogens with one attached hydrogen (secondary N) is 1. The van der Waals surface area contributed by atoms with E-state index in [-0.39, 0.29) is 30.4 Å². The summed E-state index contributed by atoms with van der Waals surface area (Å²) < 4.78 is 13.3. The number of carbonyl (C=O) groups is 1. The van der Waals surface area contributed by atoms with Crippen molar-refractivity contribution in [3.8, 4) is 0 Å². The van der Waals surface area contributed by atoms with Crippen LogP contribution in [0.25, 0.3) is 11.0 Å². The molecular weight excluding hydrogens is 566 g/mol. The van der Waals surface area contributed by atoms with Gasteiger partial charge in [0.15, 0.2) is 6.29 Å². The smallest absolute Gasteiger partial charge is 0.275 e. The fourth-order valence-corrected chi connectivity index (χ4v) is 6.92. The summed E-state index contributed by atoms with van der Waals surface area (Å²) in [5.74, 6) is -0.325. The molecule has 0 saturated carbocycles. The van der Waals surface area contributed by atoms with Crippen LogP contribution in [0.1, 0.15) is 71.7 Å². The van der Waals surface area contributed by atoms with E-state index >= 15 is 0 Å². The molecule has 2 N–H and O–H groups in total. The van der Waals surface area contributed by atoms with Gasteiger partial charge in [-0.1, -0.05) is 48.5 Å². The van der Waals surface area contributed by atoms with Gasteiger partial charge in [-0.25, -0.2) is 4.98 Å². The second kappa shape index (κ2) is 13.7. The van der Waals surface area contributed by atoms with Gasteiger partial charge in [0, 0.05) is 36.8 Å². The highest BCUT2D eigenvalue weighted by atomic mass is 16.7. The van der Waals surface area contributed by atoms with Crippen LogP contribution in [0.3, 0.4) is 0 Å². The fraction of sp³-hybridized carbons (Fsp3) is 0.417. The van der Waals surface area contributed by atoms with Gasteiger partial charge < -0.3 is 24.8 Å². The van der Waals surface area contributed by atoms with Gasteiger partial charge in [0.1, 0.15) is 5.69 Å². The number of fused-ring (bicyclic) bond motifs is 1. The number of hydrogen-bond acceptors (Lipinski definition) is 8. The number of rotatable bonds is 9. The molecule has 234 valence electrons. The van der Waals surface area contributed by atoms with Crippen molar-refractivity contribution in [2.45, 2.75) is 63.3 Å². The summed E-state index contributed by atoms with van der Waals surface area (Å²) in [4.78, 5) is 27.2. The maximum absolute atomic E-state index is 13.1. The van der Waals surface area contributed by atoms with Crippen LogP contribution >= 0.6 is 0 Å². The molecule has 1 amide bonds. The van der Waals surface area contributed by atoms with Gasteiger partial charge in [-0.15, -0.1) is 0 Å². The molecule has 4 heterocycles. The van der Waals surface area contributed by atoms with Crippen molar-refractivity contribution in [1.82, 2.24) is 19.8 Å². The van der Waals surface area contributed by atoms with Gasteiger partial charge in [0.2, 0.25) is 0 Å². The number of ether oxygens (including phenoxy) is 2. The van der Waals surface area contributed by atoms with Crippen LogP contribution < -0.4 is 5.32 Å². The van der Waals surface area contributed by atoms with Gasteiger partial charge in [0.05, 0.1) is 36.0 Å². The lowest BCUT2D eigenvalue weighted by atomic mass is 9.99. The number of aromatic nitrogens is 2. The summed E-state index contributed by atoms with van der Waals surface area (Å²) in [6, 6.07) is 23.7. The Hall–Kier alpha value is -3.73. The summed E-state index contributed by atoms with van der Waals surface area (Å²) in [5, 5.41) is 12.5. The van der Waals surface area contributed by atoms with Crippen molar-refractivity contribution in [2.75, 3.05) is 38.0 Å². The van der Waals surface area contributed by atoms with Crippen LogP contribution in [-0.4, -0.2) is 75.7 Å². The number of aliphatic hydroxyl groups excluding tert-OH is 1. The van der Waals surface area contributed by atoms with E-state index in [0.717, 1.165) is 48.3 Å². The number of para-hydroxylation sites is 2. The van der Waals surface area contributed by atoms with Gasteiger partial charge in [-0.2, -0.15) is 0 Å². The average Bonchev–Trinajstić information content (AvgIpc) is 3.77. The predicted octanol–water partition coefficient (Wildman–Crippen LogP) is 5.48. The van der Waals surface area contributed by atoms with E-state index in [4.69, 9.17) is 9.47 Å². The Balaban J connectivity index is 1.09. The predicted molar refractivity (Wildman–Crippen MR) is 173 cm³/mol. The van der Waals surface area contributed by atoms with E-state index in [1.54, 1.807) is 0 Å². The number of hydrogen-bond donors (Lipinski definition) is 2. The maximum Gasteiger partial charge on any atom is 0.275 e. The molecule has 3 fully saturated rings. The zero-order chi connectivity index (χ0) is 30.6. The Morgan fingerprint density at radius 3 is 2.53 bits per heavy atom. The first-order valence-electron chi connectivity index (χ1n) is 16.2. The highest BCUT2D eigenvalue weighted by molar-refractivity contribution is 6.03. The molecule has 9 nitrogen and oxygen atoms in total. The number of likely N-dealkylation sites (tertiary alicyclic amines) is 2. The lowest BCUT2D eigenvalue weighted by molar-refractivity contribution is -0.253. The molecule has 0 unspecified atom stereocenters. The minimum Gasteiger partial charge on any atom is -0.392 e. The standard InChI is InChI=1S/C36H41N5O4/c42-24-25-12-14-26(15-13-25)34-20-30(23-41-18-6-9-29(41)22-40-16-3-4-17-40)44-36(45-34)27-7-5-8-28(19-27)38-35(43)33-21-37-31-10-1-2-11-32(31)39-33/h1-2,5,7-8,10-15,19,21,29-30,34,36,42H,3-4,6,9,16-18,20,22-24H2,(H,38,43)/t29-,30-,34+,36+/m0/s1. The molecule has 3 aromatic carbocycles. The summed E-state index contributed by atoms with van der Waals surface area (Å²) >= 11 is 0. The topological polar surface area (TPSA) is 100 Å². The van der Waals surface area contributed by atoms with Crippen molar-refractivity contribution in [1.29, 1.82) is 0 Å². The number of aliphatic hydroxyl groups is 1. The molecule has 0 aliphatic carbocycles. The molecule has 4 atom stereocenters. The summed E-state index contributed by atoms with van der Waals surface area (Å²) in [7, 11) is 0. The number of anilines is 1. The van der Waals surface area contributed by atoms with Gasteiger partial charge in [0.25, 0.3) is 5.91 Å².